The topological polar surface area (TPSA) is 36.4 Å². The van der Waals surface area contributed by atoms with Crippen LogP contribution in [0.4, 0.5) is 0 Å². The molecule has 2 aromatic carbocycles. The lowest BCUT2D eigenvalue weighted by molar-refractivity contribution is 0.144. The molecule has 1 aliphatic rings. The lowest BCUT2D eigenvalue weighted by Gasteiger charge is -2.34. The molecule has 1 N–H and O–H groups in total. The Kier molecular flexibility index (Phi) is 6.05. The SMILES string of the molecule is OC(C#CCN1CCCC[C@H]1c1cccnc1)(c1ccccc1)c1ccccc1. The maximum absolute atomic E-state index is 11.6. The van der Waals surface area contributed by atoms with Crippen molar-refractivity contribution in [1.29, 1.82) is 0 Å². The molecule has 3 nitrogen and oxygen atoms in total. The van der Waals surface area contributed by atoms with Crippen LogP contribution in [0.3, 0.4) is 0 Å². The first kappa shape index (κ1) is 19.4. The van der Waals surface area contributed by atoms with Crippen LogP contribution < -0.4 is 0 Å². The fourth-order valence-corrected chi connectivity index (χ4v) is 4.07. The van der Waals surface area contributed by atoms with E-state index in [-0.39, 0.29) is 0 Å². The molecule has 1 aliphatic heterocycles. The lowest BCUT2D eigenvalue weighted by Crippen LogP contribution is -2.34. The second-order valence-corrected chi connectivity index (χ2v) is 7.51. The highest BCUT2D eigenvalue weighted by Gasteiger charge is 2.29. The standard InChI is InChI=1S/C26H26N2O/c29-26(23-12-3-1-4-13-23,24-14-5-2-6-15-24)17-10-20-28-19-8-7-16-25(28)22-11-9-18-27-21-22/h1-6,9,11-15,18,21,25,29H,7-8,16,19-20H2/t25-/m0/s1. The molecule has 0 bridgehead atoms. The number of hydrogen-bond acceptors (Lipinski definition) is 3. The highest BCUT2D eigenvalue weighted by Crippen LogP contribution is 2.31. The molecule has 146 valence electrons. The van der Waals surface area contributed by atoms with Gasteiger partial charge in [0, 0.05) is 29.6 Å². The van der Waals surface area contributed by atoms with E-state index in [1.807, 2.05) is 79.1 Å². The molecule has 1 fully saturated rings. The van der Waals surface area contributed by atoms with E-state index in [0.717, 1.165) is 24.1 Å². The number of aliphatic hydroxyl groups is 1. The van der Waals surface area contributed by atoms with Gasteiger partial charge in [-0.15, -0.1) is 0 Å². The number of hydrogen-bond donors (Lipinski definition) is 1. The Bertz CT molecular complexity index is 922. The molecule has 2 heterocycles. The fraction of sp³-hybridized carbons (Fsp3) is 0.269. The van der Waals surface area contributed by atoms with E-state index in [4.69, 9.17) is 0 Å². The first-order valence-corrected chi connectivity index (χ1v) is 10.2. The van der Waals surface area contributed by atoms with Crippen LogP contribution in [0, 0.1) is 11.8 Å². The van der Waals surface area contributed by atoms with Gasteiger partial charge in [-0.3, -0.25) is 9.88 Å². The van der Waals surface area contributed by atoms with Crippen LogP contribution in [0.5, 0.6) is 0 Å². The van der Waals surface area contributed by atoms with Crippen molar-refractivity contribution in [3.63, 3.8) is 0 Å². The van der Waals surface area contributed by atoms with Crippen LogP contribution in [0.25, 0.3) is 0 Å². The number of aromatic nitrogens is 1. The van der Waals surface area contributed by atoms with Gasteiger partial charge in [0.2, 0.25) is 0 Å². The Morgan fingerprint density at radius 2 is 1.62 bits per heavy atom. The minimum atomic E-state index is -1.32. The Morgan fingerprint density at radius 1 is 0.931 bits per heavy atom. The van der Waals surface area contributed by atoms with E-state index in [1.54, 1.807) is 0 Å². The van der Waals surface area contributed by atoms with Gasteiger partial charge in [-0.25, -0.2) is 0 Å². The van der Waals surface area contributed by atoms with Gasteiger partial charge in [0.25, 0.3) is 0 Å². The summed E-state index contributed by atoms with van der Waals surface area (Å²) in [7, 11) is 0. The Balaban J connectivity index is 1.61. The van der Waals surface area contributed by atoms with Gasteiger partial charge in [-0.1, -0.05) is 85.0 Å². The third-order valence-electron chi connectivity index (χ3n) is 5.62. The summed E-state index contributed by atoms with van der Waals surface area (Å²) in [4.78, 5) is 6.70. The fourth-order valence-electron chi connectivity index (χ4n) is 4.07. The second kappa shape index (κ2) is 9.05. The van der Waals surface area contributed by atoms with E-state index < -0.39 is 5.60 Å². The molecule has 3 heteroatoms. The molecule has 0 amide bonds. The summed E-state index contributed by atoms with van der Waals surface area (Å²) in [5.41, 5.74) is 1.51. The summed E-state index contributed by atoms with van der Waals surface area (Å²) < 4.78 is 0. The summed E-state index contributed by atoms with van der Waals surface area (Å²) in [5.74, 6) is 6.49. The minimum absolute atomic E-state index is 0.341. The van der Waals surface area contributed by atoms with Gasteiger partial charge in [-0.2, -0.15) is 0 Å². The molecule has 1 saturated heterocycles. The minimum Gasteiger partial charge on any atom is -0.369 e. The maximum Gasteiger partial charge on any atom is 0.176 e. The quantitative estimate of drug-likeness (QED) is 0.673. The molecule has 1 atom stereocenters. The third-order valence-corrected chi connectivity index (χ3v) is 5.62. The van der Waals surface area contributed by atoms with E-state index in [2.05, 4.69) is 27.8 Å². The van der Waals surface area contributed by atoms with Crippen molar-refractivity contribution in [3.05, 3.63) is 102 Å². The number of rotatable bonds is 4. The molecule has 0 radical (unpaired) electrons. The number of benzene rings is 2. The average molecular weight is 383 g/mol. The highest BCUT2D eigenvalue weighted by atomic mass is 16.3. The van der Waals surface area contributed by atoms with Crippen LogP contribution >= 0.6 is 0 Å². The molecule has 0 unspecified atom stereocenters. The summed E-state index contributed by atoms with van der Waals surface area (Å²) >= 11 is 0. The molecule has 0 saturated carbocycles. The lowest BCUT2D eigenvalue weighted by atomic mass is 9.87. The van der Waals surface area contributed by atoms with Gasteiger partial charge >= 0.3 is 0 Å². The van der Waals surface area contributed by atoms with Crippen molar-refractivity contribution in [2.75, 3.05) is 13.1 Å². The summed E-state index contributed by atoms with van der Waals surface area (Å²) in [5, 5.41) is 11.6. The second-order valence-electron chi connectivity index (χ2n) is 7.51. The monoisotopic (exact) mass is 382 g/mol. The van der Waals surface area contributed by atoms with Crippen molar-refractivity contribution in [1.82, 2.24) is 9.88 Å². The zero-order valence-electron chi connectivity index (χ0n) is 16.5. The largest absolute Gasteiger partial charge is 0.369 e. The molecule has 0 spiro atoms. The van der Waals surface area contributed by atoms with Crippen LogP contribution in [-0.2, 0) is 5.60 Å². The van der Waals surface area contributed by atoms with Crippen molar-refractivity contribution < 1.29 is 5.11 Å². The van der Waals surface area contributed by atoms with E-state index in [0.29, 0.717) is 12.6 Å². The highest BCUT2D eigenvalue weighted by molar-refractivity contribution is 5.44. The van der Waals surface area contributed by atoms with E-state index in [9.17, 15) is 5.11 Å². The predicted molar refractivity (Wildman–Crippen MR) is 116 cm³/mol. The van der Waals surface area contributed by atoms with Crippen LogP contribution in [0.15, 0.2) is 85.2 Å². The molecule has 0 aliphatic carbocycles. The maximum atomic E-state index is 11.6. The predicted octanol–water partition coefficient (Wildman–Crippen LogP) is 4.55. The Labute approximate surface area is 173 Å². The molecule has 1 aromatic heterocycles. The van der Waals surface area contributed by atoms with Crippen molar-refractivity contribution in [3.8, 4) is 11.8 Å². The van der Waals surface area contributed by atoms with Crippen LogP contribution in [0.2, 0.25) is 0 Å². The van der Waals surface area contributed by atoms with Gasteiger partial charge in [-0.05, 0) is 31.0 Å². The van der Waals surface area contributed by atoms with Crippen molar-refractivity contribution >= 4 is 0 Å². The number of likely N-dealkylation sites (tertiary alicyclic amines) is 1. The zero-order valence-corrected chi connectivity index (χ0v) is 16.5. The Morgan fingerprint density at radius 3 is 2.24 bits per heavy atom. The number of nitrogens with zero attached hydrogens (tertiary/aromatic N) is 2. The zero-order chi connectivity index (χ0) is 19.9. The van der Waals surface area contributed by atoms with Crippen LogP contribution in [-0.4, -0.2) is 28.1 Å². The summed E-state index contributed by atoms with van der Waals surface area (Å²) in [6.45, 7) is 1.64. The van der Waals surface area contributed by atoms with Crippen LogP contribution in [0.1, 0.15) is 42.0 Å². The van der Waals surface area contributed by atoms with Gasteiger partial charge in [0.05, 0.1) is 6.54 Å². The van der Waals surface area contributed by atoms with Crippen molar-refractivity contribution in [2.24, 2.45) is 0 Å². The smallest absolute Gasteiger partial charge is 0.176 e. The third kappa shape index (κ3) is 4.40. The number of piperidine rings is 1. The van der Waals surface area contributed by atoms with Gasteiger partial charge < -0.3 is 5.11 Å². The Hall–Kier alpha value is -2.93. The van der Waals surface area contributed by atoms with Gasteiger partial charge in [0.15, 0.2) is 5.60 Å². The average Bonchev–Trinajstić information content (AvgIpc) is 2.81. The molecular formula is C26H26N2O. The van der Waals surface area contributed by atoms with Gasteiger partial charge in [0.1, 0.15) is 0 Å². The molecule has 4 rings (SSSR count). The molecule has 29 heavy (non-hydrogen) atoms. The number of pyridine rings is 1. The van der Waals surface area contributed by atoms with E-state index in [1.165, 1.54) is 18.4 Å². The normalized spacial score (nSPS) is 17.3. The van der Waals surface area contributed by atoms with Crippen molar-refractivity contribution in [2.45, 2.75) is 30.9 Å². The summed E-state index contributed by atoms with van der Waals surface area (Å²) in [6.07, 6.45) is 7.30. The first-order chi connectivity index (χ1) is 14.3. The summed E-state index contributed by atoms with van der Waals surface area (Å²) in [6, 6.07) is 23.9. The molecular weight excluding hydrogens is 356 g/mol. The first-order valence-electron chi connectivity index (χ1n) is 10.2. The van der Waals surface area contributed by atoms with E-state index >= 15 is 0 Å². The molecule has 3 aromatic rings.